The standard InChI is InChI=1S/C20H20N2O4S/c1-22(26-2)27(24,25)19-9-5-8-18(13-19)20(23)21-14-15-10-11-16-6-3-4-7-17(16)12-15/h3-13H,14H2,1-2H3,(H,21,23). The number of sulfonamides is 1. The predicted octanol–water partition coefficient (Wildman–Crippen LogP) is 2.95. The van der Waals surface area contributed by atoms with Gasteiger partial charge >= 0.3 is 0 Å². The van der Waals surface area contributed by atoms with Crippen molar-refractivity contribution in [2.75, 3.05) is 14.2 Å². The van der Waals surface area contributed by atoms with Gasteiger partial charge in [0.15, 0.2) is 0 Å². The number of nitrogens with one attached hydrogen (secondary N) is 1. The molecular formula is C20H20N2O4S. The monoisotopic (exact) mass is 384 g/mol. The van der Waals surface area contributed by atoms with Crippen LogP contribution in [0.1, 0.15) is 15.9 Å². The molecule has 0 spiro atoms. The van der Waals surface area contributed by atoms with Gasteiger partial charge in [-0.2, -0.15) is 0 Å². The Morgan fingerprint density at radius 1 is 1.00 bits per heavy atom. The summed E-state index contributed by atoms with van der Waals surface area (Å²) in [6, 6.07) is 19.8. The van der Waals surface area contributed by atoms with Crippen molar-refractivity contribution in [1.82, 2.24) is 9.79 Å². The maximum absolute atomic E-state index is 12.4. The molecule has 0 heterocycles. The van der Waals surface area contributed by atoms with Crippen LogP contribution in [0.25, 0.3) is 10.8 Å². The largest absolute Gasteiger partial charge is 0.348 e. The smallest absolute Gasteiger partial charge is 0.264 e. The van der Waals surface area contributed by atoms with E-state index in [0.29, 0.717) is 6.54 Å². The molecule has 27 heavy (non-hydrogen) atoms. The van der Waals surface area contributed by atoms with E-state index in [2.05, 4.69) is 5.32 Å². The molecule has 0 saturated carbocycles. The molecule has 3 rings (SSSR count). The molecule has 7 heteroatoms. The Morgan fingerprint density at radius 3 is 2.48 bits per heavy atom. The lowest BCUT2D eigenvalue weighted by molar-refractivity contribution is -0.0258. The fraction of sp³-hybridized carbons (Fsp3) is 0.150. The molecule has 0 aliphatic heterocycles. The highest BCUT2D eigenvalue weighted by Crippen LogP contribution is 2.17. The zero-order valence-corrected chi connectivity index (χ0v) is 15.9. The van der Waals surface area contributed by atoms with Gasteiger partial charge in [-0.05, 0) is 40.6 Å². The summed E-state index contributed by atoms with van der Waals surface area (Å²) in [4.78, 5) is 17.2. The Bertz CT molecular complexity index is 1080. The van der Waals surface area contributed by atoms with Crippen LogP contribution in [0, 0.1) is 0 Å². The van der Waals surface area contributed by atoms with Gasteiger partial charge in [0.05, 0.1) is 12.0 Å². The maximum atomic E-state index is 12.4. The average molecular weight is 384 g/mol. The minimum atomic E-state index is -3.81. The molecule has 0 atom stereocenters. The van der Waals surface area contributed by atoms with Crippen LogP contribution in [-0.2, 0) is 21.4 Å². The first-order chi connectivity index (χ1) is 12.9. The van der Waals surface area contributed by atoms with Crippen molar-refractivity contribution in [3.05, 3.63) is 77.9 Å². The molecule has 140 valence electrons. The second kappa shape index (κ2) is 7.87. The van der Waals surface area contributed by atoms with Crippen LogP contribution in [0.15, 0.2) is 71.6 Å². The molecule has 0 aromatic heterocycles. The van der Waals surface area contributed by atoms with Crippen LogP contribution in [-0.4, -0.2) is 33.0 Å². The molecule has 0 aliphatic rings. The number of nitrogens with zero attached hydrogens (tertiary/aromatic N) is 1. The molecule has 1 N–H and O–H groups in total. The fourth-order valence-electron chi connectivity index (χ4n) is 2.68. The van der Waals surface area contributed by atoms with Crippen molar-refractivity contribution in [3.8, 4) is 0 Å². The van der Waals surface area contributed by atoms with Crippen LogP contribution in [0.4, 0.5) is 0 Å². The lowest BCUT2D eigenvalue weighted by Gasteiger charge is -2.14. The number of carbonyl (C=O) groups is 1. The molecule has 0 aliphatic carbocycles. The molecule has 0 unspecified atom stereocenters. The summed E-state index contributed by atoms with van der Waals surface area (Å²) in [6.07, 6.45) is 0. The molecule has 3 aromatic carbocycles. The van der Waals surface area contributed by atoms with Gasteiger partial charge in [0.25, 0.3) is 15.9 Å². The Labute approximate surface area is 158 Å². The molecule has 1 amide bonds. The minimum Gasteiger partial charge on any atom is -0.348 e. The van der Waals surface area contributed by atoms with E-state index in [0.717, 1.165) is 20.8 Å². The lowest BCUT2D eigenvalue weighted by Crippen LogP contribution is -2.27. The van der Waals surface area contributed by atoms with Crippen molar-refractivity contribution in [1.29, 1.82) is 0 Å². The van der Waals surface area contributed by atoms with Gasteiger partial charge < -0.3 is 5.32 Å². The van der Waals surface area contributed by atoms with E-state index in [4.69, 9.17) is 4.84 Å². The van der Waals surface area contributed by atoms with E-state index in [9.17, 15) is 13.2 Å². The fourth-order valence-corrected chi connectivity index (χ4v) is 3.70. The summed E-state index contributed by atoms with van der Waals surface area (Å²) in [5.41, 5.74) is 1.23. The SMILES string of the molecule is CON(C)S(=O)(=O)c1cccc(C(=O)NCc2ccc3ccccc3c2)c1. The van der Waals surface area contributed by atoms with Gasteiger partial charge in [-0.25, -0.2) is 8.42 Å². The molecule has 0 fully saturated rings. The second-order valence-electron chi connectivity index (χ2n) is 5.99. The summed E-state index contributed by atoms with van der Waals surface area (Å²) in [5, 5.41) is 5.05. The maximum Gasteiger partial charge on any atom is 0.264 e. The van der Waals surface area contributed by atoms with Crippen LogP contribution < -0.4 is 5.32 Å². The lowest BCUT2D eigenvalue weighted by atomic mass is 10.1. The summed E-state index contributed by atoms with van der Waals surface area (Å²) in [7, 11) is -1.25. The Kier molecular flexibility index (Phi) is 5.55. The predicted molar refractivity (Wildman–Crippen MR) is 104 cm³/mol. The van der Waals surface area contributed by atoms with Crippen molar-refractivity contribution in [2.24, 2.45) is 0 Å². The van der Waals surface area contributed by atoms with E-state index in [1.807, 2.05) is 42.5 Å². The minimum absolute atomic E-state index is 0.00907. The normalized spacial score (nSPS) is 11.7. The summed E-state index contributed by atoms with van der Waals surface area (Å²) >= 11 is 0. The topological polar surface area (TPSA) is 75.7 Å². The quantitative estimate of drug-likeness (QED) is 0.663. The molecule has 3 aromatic rings. The average Bonchev–Trinajstić information content (AvgIpc) is 2.71. The first kappa shape index (κ1) is 19.0. The number of benzene rings is 3. The van der Waals surface area contributed by atoms with Crippen molar-refractivity contribution < 1.29 is 18.0 Å². The number of amides is 1. The number of carbonyl (C=O) groups excluding carboxylic acids is 1. The van der Waals surface area contributed by atoms with Crippen molar-refractivity contribution in [2.45, 2.75) is 11.4 Å². The van der Waals surface area contributed by atoms with Gasteiger partial charge in [0.2, 0.25) is 0 Å². The number of fused-ring (bicyclic) bond motifs is 1. The molecule has 0 saturated heterocycles. The summed E-state index contributed by atoms with van der Waals surface area (Å²) < 4.78 is 25.4. The number of hydroxylamine groups is 1. The number of rotatable bonds is 6. The van der Waals surface area contributed by atoms with Gasteiger partial charge in [-0.15, -0.1) is 0 Å². The summed E-state index contributed by atoms with van der Waals surface area (Å²) in [5.74, 6) is -0.347. The zero-order valence-electron chi connectivity index (χ0n) is 15.0. The van der Waals surface area contributed by atoms with Crippen molar-refractivity contribution >= 4 is 26.7 Å². The van der Waals surface area contributed by atoms with E-state index in [1.54, 1.807) is 6.07 Å². The highest BCUT2D eigenvalue weighted by Gasteiger charge is 2.21. The third-order valence-electron chi connectivity index (χ3n) is 4.26. The molecule has 0 radical (unpaired) electrons. The molecule has 0 bridgehead atoms. The Balaban J connectivity index is 1.75. The Morgan fingerprint density at radius 2 is 1.74 bits per heavy atom. The first-order valence-corrected chi connectivity index (χ1v) is 9.75. The van der Waals surface area contributed by atoms with E-state index in [-0.39, 0.29) is 16.4 Å². The van der Waals surface area contributed by atoms with Crippen LogP contribution in [0.5, 0.6) is 0 Å². The van der Waals surface area contributed by atoms with Gasteiger partial charge in [0, 0.05) is 19.2 Å². The van der Waals surface area contributed by atoms with Crippen LogP contribution in [0.2, 0.25) is 0 Å². The molecular weight excluding hydrogens is 364 g/mol. The van der Waals surface area contributed by atoms with E-state index < -0.39 is 10.0 Å². The first-order valence-electron chi connectivity index (χ1n) is 8.31. The Hall–Kier alpha value is -2.74. The van der Waals surface area contributed by atoms with E-state index in [1.165, 1.54) is 32.4 Å². The van der Waals surface area contributed by atoms with Gasteiger partial charge in [-0.3, -0.25) is 9.63 Å². The molecule has 6 nitrogen and oxygen atoms in total. The van der Waals surface area contributed by atoms with E-state index >= 15 is 0 Å². The summed E-state index contributed by atoms with van der Waals surface area (Å²) in [6.45, 7) is 0.346. The van der Waals surface area contributed by atoms with Crippen molar-refractivity contribution in [3.63, 3.8) is 0 Å². The highest BCUT2D eigenvalue weighted by molar-refractivity contribution is 7.89. The van der Waals surface area contributed by atoms with Crippen LogP contribution in [0.3, 0.4) is 0 Å². The number of hydrogen-bond donors (Lipinski definition) is 1. The third kappa shape index (κ3) is 4.16. The third-order valence-corrected chi connectivity index (χ3v) is 5.93. The van der Waals surface area contributed by atoms with Gasteiger partial charge in [-0.1, -0.05) is 46.9 Å². The highest BCUT2D eigenvalue weighted by atomic mass is 32.2. The number of hydrogen-bond acceptors (Lipinski definition) is 4. The second-order valence-corrected chi connectivity index (χ2v) is 7.93. The zero-order chi connectivity index (χ0) is 19.4. The van der Waals surface area contributed by atoms with Crippen LogP contribution >= 0.6 is 0 Å². The van der Waals surface area contributed by atoms with Gasteiger partial charge in [0.1, 0.15) is 0 Å².